The molecule has 34 heavy (non-hydrogen) atoms. The molecule has 0 atom stereocenters. The summed E-state index contributed by atoms with van der Waals surface area (Å²) in [7, 11) is -3.82. The van der Waals surface area contributed by atoms with Gasteiger partial charge in [0.1, 0.15) is 11.6 Å². The van der Waals surface area contributed by atoms with Crippen LogP contribution in [-0.4, -0.2) is 59.5 Å². The van der Waals surface area contributed by atoms with Crippen molar-refractivity contribution in [2.24, 2.45) is 0 Å². The van der Waals surface area contributed by atoms with E-state index in [1.54, 1.807) is 27.8 Å². The Bertz CT molecular complexity index is 1340. The van der Waals surface area contributed by atoms with Crippen LogP contribution in [0.1, 0.15) is 17.0 Å². The first-order valence-electron chi connectivity index (χ1n) is 10.7. The number of hydrogen-bond donors (Lipinski definition) is 0. The van der Waals surface area contributed by atoms with Gasteiger partial charge in [-0.2, -0.15) is 9.40 Å². The first-order valence-corrected chi connectivity index (χ1v) is 12.2. The maximum absolute atomic E-state index is 13.5. The number of rotatable bonds is 5. The fraction of sp³-hybridized carbons (Fsp3) is 0.250. The molecule has 1 amide bonds. The zero-order valence-corrected chi connectivity index (χ0v) is 19.6. The number of amides is 1. The van der Waals surface area contributed by atoms with Crippen LogP contribution in [0, 0.1) is 25.5 Å². The van der Waals surface area contributed by atoms with Crippen molar-refractivity contribution in [3.05, 3.63) is 83.2 Å². The van der Waals surface area contributed by atoms with Crippen LogP contribution in [0.4, 0.5) is 8.78 Å². The van der Waals surface area contributed by atoms with Crippen LogP contribution >= 0.6 is 0 Å². The van der Waals surface area contributed by atoms with Crippen LogP contribution in [0.5, 0.6) is 0 Å². The van der Waals surface area contributed by atoms with Crippen molar-refractivity contribution >= 4 is 22.0 Å². The van der Waals surface area contributed by atoms with E-state index in [2.05, 4.69) is 5.10 Å². The van der Waals surface area contributed by atoms with E-state index in [9.17, 15) is 22.0 Å². The molecule has 2 aromatic carbocycles. The smallest absolute Gasteiger partial charge is 0.246 e. The third-order valence-electron chi connectivity index (χ3n) is 5.80. The van der Waals surface area contributed by atoms with Gasteiger partial charge in [0.2, 0.25) is 15.9 Å². The van der Waals surface area contributed by atoms with Gasteiger partial charge in [-0.25, -0.2) is 21.9 Å². The Balaban J connectivity index is 1.43. The van der Waals surface area contributed by atoms with E-state index in [0.717, 1.165) is 23.0 Å². The van der Waals surface area contributed by atoms with Crippen molar-refractivity contribution in [3.63, 3.8) is 0 Å². The minimum atomic E-state index is -3.82. The fourth-order valence-corrected chi connectivity index (χ4v) is 5.37. The van der Waals surface area contributed by atoms with E-state index < -0.39 is 15.8 Å². The molecule has 0 unspecified atom stereocenters. The Morgan fingerprint density at radius 2 is 1.65 bits per heavy atom. The molecule has 10 heteroatoms. The van der Waals surface area contributed by atoms with Crippen LogP contribution in [0.25, 0.3) is 11.8 Å². The summed E-state index contributed by atoms with van der Waals surface area (Å²) in [5.74, 6) is -1.19. The number of benzene rings is 2. The second-order valence-electron chi connectivity index (χ2n) is 7.99. The summed E-state index contributed by atoms with van der Waals surface area (Å²) in [5.41, 5.74) is 3.02. The summed E-state index contributed by atoms with van der Waals surface area (Å²) < 4.78 is 55.1. The molecule has 178 valence electrons. The van der Waals surface area contributed by atoms with Gasteiger partial charge in [0.25, 0.3) is 0 Å². The number of carbonyl (C=O) groups is 1. The summed E-state index contributed by atoms with van der Waals surface area (Å²) in [4.78, 5) is 14.2. The predicted octanol–water partition coefficient (Wildman–Crippen LogP) is 3.31. The standard InChI is InChI=1S/C24H24F2N4O3S/c1-17-23(18(2)30(27-17)21-8-6-19(25)7-9-21)10-11-24(31)28-12-14-29(15-13-28)34(32,33)22-5-3-4-20(26)16-22/h3-11,16H,12-15H2,1-2H3. The summed E-state index contributed by atoms with van der Waals surface area (Å²) >= 11 is 0. The molecule has 1 aliphatic rings. The zero-order valence-electron chi connectivity index (χ0n) is 18.8. The fourth-order valence-electron chi connectivity index (χ4n) is 3.92. The number of nitrogens with zero attached hydrogens (tertiary/aromatic N) is 4. The van der Waals surface area contributed by atoms with Gasteiger partial charge in [0, 0.05) is 43.5 Å². The van der Waals surface area contributed by atoms with Crippen molar-refractivity contribution in [3.8, 4) is 5.69 Å². The SMILES string of the molecule is Cc1nn(-c2ccc(F)cc2)c(C)c1C=CC(=O)N1CCN(S(=O)(=O)c2cccc(F)c2)CC1. The third kappa shape index (κ3) is 4.78. The lowest BCUT2D eigenvalue weighted by Gasteiger charge is -2.33. The molecule has 4 rings (SSSR count). The number of carbonyl (C=O) groups excluding carboxylic acids is 1. The quantitative estimate of drug-likeness (QED) is 0.519. The predicted molar refractivity (Wildman–Crippen MR) is 124 cm³/mol. The van der Waals surface area contributed by atoms with E-state index >= 15 is 0 Å². The maximum Gasteiger partial charge on any atom is 0.246 e. The van der Waals surface area contributed by atoms with E-state index in [0.29, 0.717) is 5.69 Å². The molecule has 3 aromatic rings. The summed E-state index contributed by atoms with van der Waals surface area (Å²) in [6.07, 6.45) is 3.14. The Kier molecular flexibility index (Phi) is 6.63. The monoisotopic (exact) mass is 486 g/mol. The van der Waals surface area contributed by atoms with Crippen LogP contribution in [-0.2, 0) is 14.8 Å². The maximum atomic E-state index is 13.5. The number of piperazine rings is 1. The van der Waals surface area contributed by atoms with Crippen LogP contribution in [0.15, 0.2) is 59.5 Å². The summed E-state index contributed by atoms with van der Waals surface area (Å²) in [6, 6.07) is 10.9. The molecule has 1 saturated heterocycles. The highest BCUT2D eigenvalue weighted by molar-refractivity contribution is 7.89. The van der Waals surface area contributed by atoms with Gasteiger partial charge >= 0.3 is 0 Å². The van der Waals surface area contributed by atoms with Gasteiger partial charge in [0.05, 0.1) is 16.3 Å². The van der Waals surface area contributed by atoms with Gasteiger partial charge in [-0.1, -0.05) is 6.07 Å². The van der Waals surface area contributed by atoms with Crippen LogP contribution < -0.4 is 0 Å². The van der Waals surface area contributed by atoms with Crippen molar-refractivity contribution in [2.75, 3.05) is 26.2 Å². The lowest BCUT2D eigenvalue weighted by atomic mass is 10.1. The van der Waals surface area contributed by atoms with Gasteiger partial charge in [-0.05, 0) is 62.4 Å². The Hall–Kier alpha value is -3.37. The average molecular weight is 487 g/mol. The molecular formula is C24H24F2N4O3S. The van der Waals surface area contributed by atoms with Crippen molar-refractivity contribution in [1.82, 2.24) is 19.0 Å². The molecule has 0 spiro atoms. The zero-order chi connectivity index (χ0) is 24.5. The summed E-state index contributed by atoms with van der Waals surface area (Å²) in [6.45, 7) is 4.39. The molecule has 2 heterocycles. The molecular weight excluding hydrogens is 462 g/mol. The lowest BCUT2D eigenvalue weighted by molar-refractivity contribution is -0.127. The van der Waals surface area contributed by atoms with E-state index in [1.165, 1.54) is 40.7 Å². The van der Waals surface area contributed by atoms with Gasteiger partial charge in [-0.3, -0.25) is 4.79 Å². The lowest BCUT2D eigenvalue weighted by Crippen LogP contribution is -2.50. The number of aryl methyl sites for hydroxylation is 1. The molecule has 0 bridgehead atoms. The average Bonchev–Trinajstić information content (AvgIpc) is 3.11. The number of halogens is 2. The first kappa shape index (κ1) is 23.8. The topological polar surface area (TPSA) is 75.5 Å². The first-order chi connectivity index (χ1) is 16.2. The van der Waals surface area contributed by atoms with E-state index in [4.69, 9.17) is 0 Å². The van der Waals surface area contributed by atoms with Crippen molar-refractivity contribution in [1.29, 1.82) is 0 Å². The molecule has 7 nitrogen and oxygen atoms in total. The molecule has 1 fully saturated rings. The van der Waals surface area contributed by atoms with Gasteiger partial charge < -0.3 is 4.90 Å². The van der Waals surface area contributed by atoms with Crippen LogP contribution in [0.2, 0.25) is 0 Å². The number of sulfonamides is 1. The largest absolute Gasteiger partial charge is 0.337 e. The molecule has 0 saturated carbocycles. The number of aromatic nitrogens is 2. The summed E-state index contributed by atoms with van der Waals surface area (Å²) in [5, 5.41) is 4.49. The highest BCUT2D eigenvalue weighted by Crippen LogP contribution is 2.21. The molecule has 0 aliphatic carbocycles. The second-order valence-corrected chi connectivity index (χ2v) is 9.93. The Labute approximate surface area is 197 Å². The molecule has 1 aromatic heterocycles. The third-order valence-corrected chi connectivity index (χ3v) is 7.69. The van der Waals surface area contributed by atoms with Crippen LogP contribution in [0.3, 0.4) is 0 Å². The second kappa shape index (κ2) is 9.47. The minimum Gasteiger partial charge on any atom is -0.337 e. The van der Waals surface area contributed by atoms with E-state index in [1.807, 2.05) is 13.8 Å². The number of hydrogen-bond acceptors (Lipinski definition) is 4. The highest BCUT2D eigenvalue weighted by Gasteiger charge is 2.29. The Morgan fingerprint density at radius 3 is 2.29 bits per heavy atom. The normalized spacial score (nSPS) is 15.2. The minimum absolute atomic E-state index is 0.101. The van der Waals surface area contributed by atoms with E-state index in [-0.39, 0.29) is 42.8 Å². The van der Waals surface area contributed by atoms with Crippen molar-refractivity contribution < 1.29 is 22.0 Å². The molecule has 1 aliphatic heterocycles. The van der Waals surface area contributed by atoms with Crippen molar-refractivity contribution in [2.45, 2.75) is 18.7 Å². The van der Waals surface area contributed by atoms with Gasteiger partial charge in [0.15, 0.2) is 0 Å². The van der Waals surface area contributed by atoms with Gasteiger partial charge in [-0.15, -0.1) is 0 Å². The Morgan fingerprint density at radius 1 is 0.971 bits per heavy atom. The molecule has 0 N–H and O–H groups in total. The highest BCUT2D eigenvalue weighted by atomic mass is 32.2. The molecule has 0 radical (unpaired) electrons.